The Hall–Kier alpha value is -3.09. The molecule has 3 aliphatic rings. The van der Waals surface area contributed by atoms with Crippen LogP contribution in [-0.2, 0) is 19.1 Å². The van der Waals surface area contributed by atoms with Crippen LogP contribution in [0.25, 0.3) is 0 Å². The van der Waals surface area contributed by atoms with Gasteiger partial charge in [0.2, 0.25) is 17.7 Å². The third-order valence-corrected chi connectivity index (χ3v) is 8.51. The number of carbonyl (C=O) groups excluding carboxylic acids is 5. The highest BCUT2D eigenvalue weighted by atomic mass is 16.6. The van der Waals surface area contributed by atoms with Crippen molar-refractivity contribution in [3.8, 4) is 0 Å². The monoisotopic (exact) mass is 594 g/mol. The number of primary amides is 1. The molecule has 7 N–H and O–H groups in total. The standard InChI is InChI=1S/C29H50N6O7/c1-27(2,3)34-25(40)33-18(13-31-26(41)42-28(4,5)6)24(39)35-14-16-19(29(16,7)8)20(35)23(38)32-17(21(36)22(30)37)12-15-10-9-11-15/h15-21,36H,9-14H2,1-8H3,(H2,30,37)(H,31,41)(H,32,38)(H2,33,34,40)/t16?,17?,18-,19?,20?,21?/m0/s1. The van der Waals surface area contributed by atoms with E-state index in [0.29, 0.717) is 6.42 Å². The summed E-state index contributed by atoms with van der Waals surface area (Å²) < 4.78 is 5.29. The van der Waals surface area contributed by atoms with Gasteiger partial charge in [0, 0.05) is 12.1 Å². The van der Waals surface area contributed by atoms with Crippen molar-refractivity contribution < 1.29 is 33.8 Å². The van der Waals surface area contributed by atoms with Crippen LogP contribution in [0, 0.1) is 23.2 Å². The predicted molar refractivity (Wildman–Crippen MR) is 155 cm³/mol. The number of rotatable bonds is 10. The van der Waals surface area contributed by atoms with Crippen molar-refractivity contribution in [3.63, 3.8) is 0 Å². The van der Waals surface area contributed by atoms with Crippen LogP contribution in [0.15, 0.2) is 0 Å². The maximum Gasteiger partial charge on any atom is 0.407 e. The van der Waals surface area contributed by atoms with Gasteiger partial charge < -0.3 is 41.7 Å². The van der Waals surface area contributed by atoms with Crippen molar-refractivity contribution in [2.45, 2.75) is 116 Å². The van der Waals surface area contributed by atoms with Crippen molar-refractivity contribution in [2.24, 2.45) is 28.9 Å². The minimum Gasteiger partial charge on any atom is -0.444 e. The average molecular weight is 595 g/mol. The summed E-state index contributed by atoms with van der Waals surface area (Å²) in [4.78, 5) is 66.2. The molecule has 6 atom stereocenters. The highest BCUT2D eigenvalue weighted by molar-refractivity contribution is 5.94. The van der Waals surface area contributed by atoms with E-state index >= 15 is 0 Å². The third kappa shape index (κ3) is 8.26. The first kappa shape index (κ1) is 33.4. The number of aliphatic hydroxyl groups is 1. The first-order valence-electron chi connectivity index (χ1n) is 14.8. The summed E-state index contributed by atoms with van der Waals surface area (Å²) in [5.41, 5.74) is 3.83. The molecule has 0 spiro atoms. The number of fused-ring (bicyclic) bond motifs is 1. The summed E-state index contributed by atoms with van der Waals surface area (Å²) in [6.45, 7) is 14.6. The van der Waals surface area contributed by atoms with Gasteiger partial charge in [-0.3, -0.25) is 14.4 Å². The fourth-order valence-electron chi connectivity index (χ4n) is 6.07. The van der Waals surface area contributed by atoms with E-state index in [1.807, 2.05) is 13.8 Å². The van der Waals surface area contributed by atoms with Gasteiger partial charge in [0.05, 0.1) is 12.6 Å². The molecule has 0 aromatic carbocycles. The van der Waals surface area contributed by atoms with Crippen molar-refractivity contribution in [1.82, 2.24) is 26.2 Å². The van der Waals surface area contributed by atoms with Crippen LogP contribution in [0.5, 0.6) is 0 Å². The highest BCUT2D eigenvalue weighted by Gasteiger charge is 2.69. The molecule has 42 heavy (non-hydrogen) atoms. The molecule has 0 bridgehead atoms. The Bertz CT molecular complexity index is 1060. The van der Waals surface area contributed by atoms with Gasteiger partial charge in [0.15, 0.2) is 6.10 Å². The molecule has 0 radical (unpaired) electrons. The average Bonchev–Trinajstić information content (AvgIpc) is 3.12. The smallest absolute Gasteiger partial charge is 0.407 e. The fourth-order valence-corrected chi connectivity index (χ4v) is 6.07. The molecule has 1 aliphatic heterocycles. The van der Waals surface area contributed by atoms with Crippen molar-refractivity contribution >= 4 is 29.8 Å². The van der Waals surface area contributed by atoms with Gasteiger partial charge in [0.25, 0.3) is 0 Å². The van der Waals surface area contributed by atoms with Crippen molar-refractivity contribution in [3.05, 3.63) is 0 Å². The molecular formula is C29H50N6O7. The molecule has 3 fully saturated rings. The molecule has 13 heteroatoms. The lowest BCUT2D eigenvalue weighted by Crippen LogP contribution is -2.62. The first-order valence-corrected chi connectivity index (χ1v) is 14.8. The second-order valence-corrected chi connectivity index (χ2v) is 14.7. The number of nitrogens with zero attached hydrogens (tertiary/aromatic N) is 1. The quantitative estimate of drug-likeness (QED) is 0.217. The van der Waals surface area contributed by atoms with Gasteiger partial charge in [-0.05, 0) is 71.1 Å². The van der Waals surface area contributed by atoms with Gasteiger partial charge in [-0.25, -0.2) is 9.59 Å². The number of nitrogens with two attached hydrogens (primary N) is 1. The Balaban J connectivity index is 1.82. The van der Waals surface area contributed by atoms with Gasteiger partial charge in [-0.1, -0.05) is 33.1 Å². The second kappa shape index (κ2) is 12.3. The summed E-state index contributed by atoms with van der Waals surface area (Å²) >= 11 is 0. The largest absolute Gasteiger partial charge is 0.444 e. The number of hydrogen-bond donors (Lipinski definition) is 6. The van der Waals surface area contributed by atoms with Gasteiger partial charge in [-0.15, -0.1) is 0 Å². The SMILES string of the molecule is CC(C)(C)NC(=O)N[C@@H](CNC(=O)OC(C)(C)C)C(=O)N1CC2C(C1C(=O)NC(CC1CCC1)C(O)C(N)=O)C2(C)C. The molecule has 0 aromatic rings. The third-order valence-electron chi connectivity index (χ3n) is 8.51. The molecule has 1 heterocycles. The van der Waals surface area contributed by atoms with Gasteiger partial charge in [-0.2, -0.15) is 0 Å². The van der Waals surface area contributed by atoms with Crippen molar-refractivity contribution in [2.75, 3.05) is 13.1 Å². The van der Waals surface area contributed by atoms with E-state index in [1.54, 1.807) is 41.5 Å². The zero-order valence-electron chi connectivity index (χ0n) is 26.2. The molecule has 5 unspecified atom stereocenters. The van der Waals surface area contributed by atoms with Crippen LogP contribution in [0.3, 0.4) is 0 Å². The molecule has 6 amide bonds. The molecule has 13 nitrogen and oxygen atoms in total. The number of amides is 6. The van der Waals surface area contributed by atoms with Crippen LogP contribution < -0.4 is 27.0 Å². The Morgan fingerprint density at radius 3 is 2.17 bits per heavy atom. The van der Waals surface area contributed by atoms with Crippen LogP contribution in [0.2, 0.25) is 0 Å². The number of aliphatic hydroxyl groups excluding tert-OH is 1. The minimum atomic E-state index is -1.56. The van der Waals surface area contributed by atoms with E-state index in [2.05, 4.69) is 21.3 Å². The zero-order valence-corrected chi connectivity index (χ0v) is 26.2. The van der Waals surface area contributed by atoms with Crippen LogP contribution in [0.1, 0.15) is 81.1 Å². The van der Waals surface area contributed by atoms with Crippen LogP contribution in [-0.4, -0.2) is 88.3 Å². The Kier molecular flexibility index (Phi) is 9.75. The number of ether oxygens (including phenoxy) is 1. The van der Waals surface area contributed by atoms with E-state index < -0.39 is 65.2 Å². The summed E-state index contributed by atoms with van der Waals surface area (Å²) in [5, 5.41) is 21.3. The Morgan fingerprint density at radius 1 is 1.05 bits per heavy atom. The number of nitrogens with one attached hydrogen (secondary N) is 4. The summed E-state index contributed by atoms with van der Waals surface area (Å²) in [7, 11) is 0. The lowest BCUT2D eigenvalue weighted by atomic mass is 9.79. The fraction of sp³-hybridized carbons (Fsp3) is 0.828. The maximum absolute atomic E-state index is 14.0. The van der Waals surface area contributed by atoms with Gasteiger partial charge >= 0.3 is 12.1 Å². The Morgan fingerprint density at radius 2 is 1.67 bits per heavy atom. The number of piperidine rings is 1. The number of hydrogen-bond acceptors (Lipinski definition) is 7. The van der Waals surface area contributed by atoms with Crippen LogP contribution >= 0.6 is 0 Å². The molecule has 2 aliphatic carbocycles. The van der Waals surface area contributed by atoms with E-state index in [4.69, 9.17) is 10.5 Å². The predicted octanol–water partition coefficient (Wildman–Crippen LogP) is 0.982. The number of alkyl carbamates (subject to hydrolysis) is 1. The highest BCUT2D eigenvalue weighted by Crippen LogP contribution is 2.64. The molecule has 238 valence electrons. The summed E-state index contributed by atoms with van der Waals surface area (Å²) in [5.74, 6) is -1.78. The van der Waals surface area contributed by atoms with E-state index in [-0.39, 0.29) is 36.3 Å². The first-order chi connectivity index (χ1) is 19.2. The summed E-state index contributed by atoms with van der Waals surface area (Å²) in [6.07, 6.45) is 1.03. The van der Waals surface area contributed by atoms with Crippen molar-refractivity contribution in [1.29, 1.82) is 0 Å². The second-order valence-electron chi connectivity index (χ2n) is 14.7. The lowest BCUT2D eigenvalue weighted by Gasteiger charge is -2.36. The number of likely N-dealkylation sites (tertiary alicyclic amines) is 1. The number of carbonyl (C=O) groups is 5. The molecular weight excluding hydrogens is 544 g/mol. The molecule has 2 saturated carbocycles. The normalized spacial score (nSPS) is 25.2. The van der Waals surface area contributed by atoms with E-state index in [1.165, 1.54) is 4.90 Å². The zero-order chi connectivity index (χ0) is 31.8. The lowest BCUT2D eigenvalue weighted by molar-refractivity contribution is -0.143. The summed E-state index contributed by atoms with van der Waals surface area (Å²) in [6, 6.07) is -3.57. The maximum atomic E-state index is 14.0. The topological polar surface area (TPSA) is 192 Å². The van der Waals surface area contributed by atoms with Gasteiger partial charge in [0.1, 0.15) is 17.7 Å². The molecule has 1 saturated heterocycles. The minimum absolute atomic E-state index is 0.0474. The Labute approximate surface area is 248 Å². The number of urea groups is 1. The molecule has 0 aromatic heterocycles. The molecule has 3 rings (SSSR count). The van der Waals surface area contributed by atoms with E-state index in [0.717, 1.165) is 19.3 Å². The van der Waals surface area contributed by atoms with Crippen LogP contribution in [0.4, 0.5) is 9.59 Å². The van der Waals surface area contributed by atoms with E-state index in [9.17, 15) is 29.1 Å².